The van der Waals surface area contributed by atoms with Crippen LogP contribution < -0.4 is 0 Å². The summed E-state index contributed by atoms with van der Waals surface area (Å²) in [6.07, 6.45) is 8.06. The van der Waals surface area contributed by atoms with E-state index >= 15 is 0 Å². The Kier molecular flexibility index (Phi) is 6.75. The van der Waals surface area contributed by atoms with Crippen LogP contribution in [0.4, 0.5) is 0 Å². The van der Waals surface area contributed by atoms with Crippen LogP contribution in [0, 0.1) is 0 Å². The molecule has 2 rings (SSSR count). The van der Waals surface area contributed by atoms with Crippen molar-refractivity contribution in [1.82, 2.24) is 14.9 Å². The summed E-state index contributed by atoms with van der Waals surface area (Å²) in [5, 5.41) is 4.89. The number of unbranched alkanes of at least 4 members (excludes halogenated alkanes) is 1. The number of hydrogen-bond donors (Lipinski definition) is 0. The predicted molar refractivity (Wildman–Crippen MR) is 83.5 cm³/mol. The Morgan fingerprint density at radius 2 is 1.95 bits per heavy atom. The van der Waals surface area contributed by atoms with E-state index in [0.29, 0.717) is 6.23 Å². The van der Waals surface area contributed by atoms with Crippen molar-refractivity contribution < 1.29 is 4.74 Å². The number of rotatable bonds is 8. The molecule has 2 aliphatic rings. The van der Waals surface area contributed by atoms with Crippen molar-refractivity contribution in [2.24, 2.45) is 0 Å². The summed E-state index contributed by atoms with van der Waals surface area (Å²) < 4.78 is 6.12. The van der Waals surface area contributed by atoms with Gasteiger partial charge in [-0.2, -0.15) is 0 Å². The van der Waals surface area contributed by atoms with Crippen LogP contribution in [0.15, 0.2) is 0 Å². The molecular weight excluding hydrogens is 250 g/mol. The van der Waals surface area contributed by atoms with E-state index in [1.165, 1.54) is 64.7 Å². The summed E-state index contributed by atoms with van der Waals surface area (Å²) in [6.45, 7) is 10.2. The first kappa shape index (κ1) is 16.2. The van der Waals surface area contributed by atoms with Gasteiger partial charge in [0.2, 0.25) is 0 Å². The van der Waals surface area contributed by atoms with E-state index in [0.717, 1.165) is 12.6 Å². The summed E-state index contributed by atoms with van der Waals surface area (Å²) in [7, 11) is 2.20. The second kappa shape index (κ2) is 8.32. The van der Waals surface area contributed by atoms with E-state index in [9.17, 15) is 0 Å². The number of piperidine rings is 1. The fourth-order valence-corrected chi connectivity index (χ4v) is 3.56. The van der Waals surface area contributed by atoms with E-state index < -0.39 is 0 Å². The van der Waals surface area contributed by atoms with Crippen LogP contribution in [0.3, 0.4) is 0 Å². The van der Waals surface area contributed by atoms with Crippen LogP contribution >= 0.6 is 0 Å². The second-order valence-electron chi connectivity index (χ2n) is 6.18. The molecule has 0 aromatic heterocycles. The summed E-state index contributed by atoms with van der Waals surface area (Å²) in [4.78, 5) is 2.49. The van der Waals surface area contributed by atoms with Gasteiger partial charge < -0.3 is 9.64 Å². The fraction of sp³-hybridized carbons (Fsp3) is 1.00. The van der Waals surface area contributed by atoms with Crippen LogP contribution in [0.25, 0.3) is 0 Å². The van der Waals surface area contributed by atoms with Crippen LogP contribution in [0.5, 0.6) is 0 Å². The van der Waals surface area contributed by atoms with E-state index in [1.807, 2.05) is 0 Å². The molecule has 0 saturated carbocycles. The van der Waals surface area contributed by atoms with Gasteiger partial charge in [0.05, 0.1) is 0 Å². The fourth-order valence-electron chi connectivity index (χ4n) is 3.56. The molecule has 0 spiro atoms. The van der Waals surface area contributed by atoms with Crippen LogP contribution in [-0.4, -0.2) is 67.0 Å². The first-order valence-electron chi connectivity index (χ1n) is 8.59. The maximum absolute atomic E-state index is 6.12. The molecule has 2 saturated heterocycles. The zero-order valence-electron chi connectivity index (χ0n) is 13.7. The highest BCUT2D eigenvalue weighted by molar-refractivity contribution is 4.84. The van der Waals surface area contributed by atoms with Crippen molar-refractivity contribution in [3.8, 4) is 0 Å². The largest absolute Gasteiger partial charge is 0.362 e. The van der Waals surface area contributed by atoms with E-state index in [1.54, 1.807) is 0 Å². The molecule has 0 aromatic rings. The van der Waals surface area contributed by atoms with Gasteiger partial charge in [0.25, 0.3) is 0 Å². The lowest BCUT2D eigenvalue weighted by Crippen LogP contribution is -2.44. The molecule has 2 fully saturated rings. The first-order valence-corrected chi connectivity index (χ1v) is 8.59. The Balaban J connectivity index is 1.60. The van der Waals surface area contributed by atoms with Gasteiger partial charge in [0, 0.05) is 32.7 Å². The van der Waals surface area contributed by atoms with Crippen LogP contribution in [-0.2, 0) is 4.74 Å². The van der Waals surface area contributed by atoms with Crippen LogP contribution in [0.1, 0.15) is 52.4 Å². The standard InChI is InChI=1S/C16H33N3O/c1-4-18(5-2)11-8-9-13-20-16-14-15-10-6-7-12-19(15)17(16)3/h15-16H,4-14H2,1-3H3. The summed E-state index contributed by atoms with van der Waals surface area (Å²) in [6, 6.07) is 0.745. The monoisotopic (exact) mass is 283 g/mol. The Hall–Kier alpha value is -0.160. The predicted octanol–water partition coefficient (Wildman–Crippen LogP) is 2.56. The maximum Gasteiger partial charge on any atom is 0.124 e. The normalized spacial score (nSPS) is 28.2. The lowest BCUT2D eigenvalue weighted by Gasteiger charge is -2.34. The van der Waals surface area contributed by atoms with E-state index in [-0.39, 0.29) is 0 Å². The Labute approximate surface area is 125 Å². The quantitative estimate of drug-likeness (QED) is 0.637. The SMILES string of the molecule is CCN(CC)CCCCOC1CC2CCCCN2N1C. The van der Waals surface area contributed by atoms with Gasteiger partial charge in [-0.05, 0) is 45.3 Å². The third-order valence-corrected chi connectivity index (χ3v) is 4.97. The molecule has 4 nitrogen and oxygen atoms in total. The van der Waals surface area contributed by atoms with Crippen molar-refractivity contribution in [2.45, 2.75) is 64.6 Å². The number of ether oxygens (including phenoxy) is 1. The molecule has 118 valence electrons. The Bertz CT molecular complexity index is 270. The molecule has 20 heavy (non-hydrogen) atoms. The summed E-state index contributed by atoms with van der Waals surface area (Å²) >= 11 is 0. The number of fused-ring (bicyclic) bond motifs is 1. The highest BCUT2D eigenvalue weighted by Crippen LogP contribution is 2.31. The molecule has 4 heteroatoms. The first-order chi connectivity index (χ1) is 9.76. The van der Waals surface area contributed by atoms with Crippen LogP contribution in [0.2, 0.25) is 0 Å². The molecule has 2 unspecified atom stereocenters. The van der Waals surface area contributed by atoms with Gasteiger partial charge in [-0.1, -0.05) is 20.3 Å². The molecular formula is C16H33N3O. The summed E-state index contributed by atoms with van der Waals surface area (Å²) in [5.41, 5.74) is 0. The smallest absolute Gasteiger partial charge is 0.124 e. The zero-order chi connectivity index (χ0) is 14.4. The highest BCUT2D eigenvalue weighted by Gasteiger charge is 2.38. The minimum atomic E-state index is 0.326. The average Bonchev–Trinajstić information content (AvgIpc) is 2.80. The molecule has 2 heterocycles. The van der Waals surface area contributed by atoms with Gasteiger partial charge >= 0.3 is 0 Å². The Morgan fingerprint density at radius 1 is 1.15 bits per heavy atom. The molecule has 0 aliphatic carbocycles. The van der Waals surface area contributed by atoms with Gasteiger partial charge in [0.1, 0.15) is 6.23 Å². The molecule has 0 amide bonds. The van der Waals surface area contributed by atoms with Crippen molar-refractivity contribution in [3.63, 3.8) is 0 Å². The molecule has 0 N–H and O–H groups in total. The summed E-state index contributed by atoms with van der Waals surface area (Å²) in [5.74, 6) is 0. The second-order valence-corrected chi connectivity index (χ2v) is 6.18. The minimum Gasteiger partial charge on any atom is -0.362 e. The average molecular weight is 283 g/mol. The number of hydrazine groups is 1. The zero-order valence-corrected chi connectivity index (χ0v) is 13.7. The highest BCUT2D eigenvalue weighted by atomic mass is 16.5. The molecule has 0 aromatic carbocycles. The van der Waals surface area contributed by atoms with Crippen molar-refractivity contribution in [1.29, 1.82) is 0 Å². The minimum absolute atomic E-state index is 0.326. The van der Waals surface area contributed by atoms with Gasteiger partial charge in [-0.3, -0.25) is 0 Å². The van der Waals surface area contributed by atoms with Gasteiger partial charge in [-0.15, -0.1) is 0 Å². The number of nitrogens with zero attached hydrogens (tertiary/aromatic N) is 3. The molecule has 0 radical (unpaired) electrons. The lowest BCUT2D eigenvalue weighted by atomic mass is 10.0. The molecule has 0 bridgehead atoms. The van der Waals surface area contributed by atoms with Gasteiger partial charge in [0.15, 0.2) is 0 Å². The molecule has 2 aliphatic heterocycles. The van der Waals surface area contributed by atoms with Gasteiger partial charge in [-0.25, -0.2) is 10.0 Å². The topological polar surface area (TPSA) is 19.0 Å². The van der Waals surface area contributed by atoms with Crippen molar-refractivity contribution in [3.05, 3.63) is 0 Å². The van der Waals surface area contributed by atoms with Crippen molar-refractivity contribution >= 4 is 0 Å². The maximum atomic E-state index is 6.12. The molecule has 2 atom stereocenters. The third-order valence-electron chi connectivity index (χ3n) is 4.97. The third kappa shape index (κ3) is 4.17. The number of hydrogen-bond acceptors (Lipinski definition) is 4. The lowest BCUT2D eigenvalue weighted by molar-refractivity contribution is -0.111. The van der Waals surface area contributed by atoms with E-state index in [4.69, 9.17) is 4.74 Å². The van der Waals surface area contributed by atoms with E-state index in [2.05, 4.69) is 35.8 Å². The van der Waals surface area contributed by atoms with Crippen molar-refractivity contribution in [2.75, 3.05) is 39.8 Å². The Morgan fingerprint density at radius 3 is 2.65 bits per heavy atom.